The Morgan fingerprint density at radius 2 is 1.07 bits per heavy atom. The average molecular weight is 2090 g/mol. The fourth-order valence-electron chi connectivity index (χ4n) is 18.0. The Bertz CT molecular complexity index is 5760. The van der Waals surface area contributed by atoms with Gasteiger partial charge in [-0.1, -0.05) is 88.1 Å². The number of likely N-dealkylation sites (N-methyl/N-ethyl adjacent to an activating group) is 3. The van der Waals surface area contributed by atoms with Crippen LogP contribution in [0.3, 0.4) is 0 Å². The number of nitrogens with zero attached hydrogens (tertiary/aromatic N) is 6. The number of carboxylic acid groups (broad SMARTS) is 2. The Balaban J connectivity index is 1.13. The molecule has 9 rings (SSSR count). The monoisotopic (exact) mass is 2090 g/mol. The maximum atomic E-state index is 16.0. The lowest BCUT2D eigenvalue weighted by Gasteiger charge is -2.36. The first-order valence-corrected chi connectivity index (χ1v) is 51.0. The third kappa shape index (κ3) is 34.3. The molecule has 149 heavy (non-hydrogen) atoms. The fourth-order valence-corrected chi connectivity index (χ4v) is 18.8. The Hall–Kier alpha value is -15.1. The van der Waals surface area contributed by atoms with Crippen LogP contribution in [0.4, 0.5) is 0 Å². The molecule has 0 aliphatic carbocycles. The van der Waals surface area contributed by atoms with Crippen LogP contribution in [0.5, 0.6) is 5.75 Å². The number of aliphatic hydroxyl groups excluding tert-OH is 1. The SMILES string of the molecule is C#CC[C@H](NC(=O)CNC(=O)[C@@H]1CSCC(=O)N[C@@H](Cc2ccc(O)cc2)C(=O)N(C)[C@@H](C)C(=O)N[C@@H](CC(=O)O)C(=O)N2CCC[C@H]2C(=O)N[C@@H](Cc2c[nH]cn2)C(=O)N[C@@H](CCCCN)C(=O)N2C[C@H](O)C[C@H]2C(=O)N[C@@H](Cc2c[nH]c3ccccc23)C(=O)N[C@@H](CCCCN)C(=O)N[C@@H](Cc2c[nH]c3ccccc23)C(=O)N(C)[C@@H](CCCC)C(=O)N(C)[C@@H](CCCC)C(=O)N[C@@H](CCC(=O)O)C(=O)N1)C(=O)NCC(N)=O. The number of aromatic nitrogens is 4. The van der Waals surface area contributed by atoms with Gasteiger partial charge in [-0.25, -0.2) is 4.98 Å². The number of H-pyrrole nitrogens is 3. The molecule has 49 heteroatoms. The summed E-state index contributed by atoms with van der Waals surface area (Å²) >= 11 is 0.635. The lowest BCUT2D eigenvalue weighted by atomic mass is 9.99. The Labute approximate surface area is 864 Å². The molecule has 16 atom stereocenters. The number of nitrogens with one attached hydrogen (secondary N) is 15. The van der Waals surface area contributed by atoms with E-state index in [1.165, 1.54) is 57.8 Å². The standard InChI is InChI=1S/C100H138N24O24S/c1-8-11-29-77-93(141)113-69(36-37-84(130)131)90(138)119-76(88(136)108-51-82(128)110-67(22-10-3)87(135)107-50-81(103)127)53-149-54-83(129)111-73(41-57-32-34-61(125)35-33-57)96(144)120(5)56(4)86(134)117-75(46-85(132)133)99(147)123-40-21-31-78(123)94(142)116-72(44-60-49-104-55-109-60)92(140)114-70(28-18-20-39-102)98(146)124-52-62(126)45-80(124)95(143)115-71(42-58-47-105-65-25-15-13-23-63(58)65)91(139)112-68(27-17-19-38-101)89(137)118-74(43-59-48-106-66-26-16-14-24-64(59)66)97(145)122(7)79(30-12-9-2)100(148)121(77)6/h3,13-16,23-26,32-35,47-49,55-56,62,67-80,105-106,125-126H,8-9,11-12,17-22,27-31,36-46,50-54,101-102H2,1-2,4-7H3,(H2,103,127)(H,104,109)(H,107,135)(H,108,136)(H,110,128)(H,111,129)(H,112,139)(H,113,141)(H,114,140)(H,115,143)(H,116,142)(H,117,134)(H,118,137)(H,119,138)(H,130,131)(H,132,133)/t56-,62+,67-,68-,69-,70-,71-,72-,73-,74-,75-,76-,77-,78-,79-,80-/m0/s1. The van der Waals surface area contributed by atoms with Gasteiger partial charge in [0, 0.05) is 125 Å². The summed E-state index contributed by atoms with van der Waals surface area (Å²) in [5.41, 5.74) is 20.1. The van der Waals surface area contributed by atoms with Gasteiger partial charge in [0.05, 0.1) is 43.4 Å². The summed E-state index contributed by atoms with van der Waals surface area (Å²) in [6.45, 7) is 2.76. The number of amides is 18. The van der Waals surface area contributed by atoms with Crippen molar-refractivity contribution in [2.75, 3.05) is 71.9 Å². The van der Waals surface area contributed by atoms with Gasteiger partial charge in [-0.05, 0) is 132 Å². The zero-order valence-corrected chi connectivity index (χ0v) is 85.1. The second kappa shape index (κ2) is 57.9. The second-order valence-corrected chi connectivity index (χ2v) is 38.4. The van der Waals surface area contributed by atoms with E-state index in [0.717, 1.165) is 31.5 Å². The number of phenolic OH excluding ortho intramolecular Hbond substituents is 1. The van der Waals surface area contributed by atoms with E-state index in [-0.39, 0.29) is 121 Å². The van der Waals surface area contributed by atoms with Crippen LogP contribution in [0.2, 0.25) is 0 Å². The third-order valence-corrected chi connectivity index (χ3v) is 27.4. The molecule has 18 amide bonds. The lowest BCUT2D eigenvalue weighted by molar-refractivity contribution is -0.149. The van der Waals surface area contributed by atoms with E-state index in [4.69, 9.17) is 23.6 Å². The van der Waals surface area contributed by atoms with Gasteiger partial charge in [-0.2, -0.15) is 0 Å². The number of nitrogens with two attached hydrogens (primary N) is 3. The first-order valence-electron chi connectivity index (χ1n) is 49.8. The van der Waals surface area contributed by atoms with Crippen molar-refractivity contribution in [3.63, 3.8) is 0 Å². The Morgan fingerprint density at radius 3 is 1.66 bits per heavy atom. The van der Waals surface area contributed by atoms with Crippen LogP contribution < -0.4 is 81.0 Å². The van der Waals surface area contributed by atoms with Gasteiger partial charge in [0.25, 0.3) is 0 Å². The molecule has 0 saturated carbocycles. The van der Waals surface area contributed by atoms with Crippen LogP contribution in [-0.2, 0) is 122 Å². The highest BCUT2D eigenvalue weighted by Crippen LogP contribution is 2.29. The molecule has 6 heterocycles. The molecule has 48 nitrogen and oxygen atoms in total. The van der Waals surface area contributed by atoms with Crippen LogP contribution in [0.1, 0.15) is 165 Å². The maximum absolute atomic E-state index is 16.0. The smallest absolute Gasteiger partial charge is 0.305 e. The fraction of sp³-hybridized carbons (Fsp3) is 0.530. The van der Waals surface area contributed by atoms with Crippen LogP contribution in [0.25, 0.3) is 21.8 Å². The van der Waals surface area contributed by atoms with E-state index in [9.17, 15) is 68.4 Å². The number of imidazole rings is 1. The lowest BCUT2D eigenvalue weighted by Crippen LogP contribution is -2.61. The van der Waals surface area contributed by atoms with Crippen molar-refractivity contribution in [2.45, 2.75) is 265 Å². The van der Waals surface area contributed by atoms with E-state index in [1.807, 2.05) is 6.92 Å². The summed E-state index contributed by atoms with van der Waals surface area (Å²) in [5, 5.41) is 74.7. The number of primary amides is 1. The van der Waals surface area contributed by atoms with Gasteiger partial charge >= 0.3 is 11.9 Å². The van der Waals surface area contributed by atoms with Gasteiger partial charge in [-0.3, -0.25) is 95.9 Å². The molecule has 0 bridgehead atoms. The number of carboxylic acids is 2. The Kier molecular flexibility index (Phi) is 45.6. The summed E-state index contributed by atoms with van der Waals surface area (Å²) in [4.78, 5) is 311. The predicted molar refractivity (Wildman–Crippen MR) is 544 cm³/mol. The zero-order chi connectivity index (χ0) is 109. The maximum Gasteiger partial charge on any atom is 0.305 e. The molecular formula is C100H138N24O24S. The number of para-hydroxylation sites is 2. The molecule has 3 aliphatic heterocycles. The van der Waals surface area contributed by atoms with Crippen molar-refractivity contribution in [2.24, 2.45) is 17.2 Å². The molecule has 3 fully saturated rings. The summed E-state index contributed by atoms with van der Waals surface area (Å²) in [7, 11) is 3.77. The molecule has 808 valence electrons. The number of phenols is 1. The number of carbonyl (C=O) groups is 20. The van der Waals surface area contributed by atoms with Gasteiger partial charge in [0.1, 0.15) is 96.4 Å². The minimum atomic E-state index is -1.96. The first-order chi connectivity index (χ1) is 71.2. The number of terminal acetylenes is 1. The topological polar surface area (TPSA) is 721 Å². The summed E-state index contributed by atoms with van der Waals surface area (Å²) in [6.07, 6.45) is 7.32. The zero-order valence-electron chi connectivity index (χ0n) is 84.3. The van der Waals surface area contributed by atoms with Crippen molar-refractivity contribution in [3.8, 4) is 18.1 Å². The minimum absolute atomic E-state index is 0.0594. The van der Waals surface area contributed by atoms with Gasteiger partial charge < -0.3 is 141 Å². The van der Waals surface area contributed by atoms with Crippen LogP contribution in [0.15, 0.2) is 97.7 Å². The normalized spacial score (nSPS) is 23.6. The quantitative estimate of drug-likeness (QED) is 0.0140. The summed E-state index contributed by atoms with van der Waals surface area (Å²) in [6, 6.07) is -4.87. The number of hydrogen-bond donors (Lipinski definition) is 22. The molecule has 0 spiro atoms. The predicted octanol–water partition coefficient (Wildman–Crippen LogP) is -2.88. The summed E-state index contributed by atoms with van der Waals surface area (Å²) < 4.78 is 0. The van der Waals surface area contributed by atoms with Crippen molar-refractivity contribution >= 4 is 152 Å². The molecule has 25 N–H and O–H groups in total. The van der Waals surface area contributed by atoms with Gasteiger partial charge in [0.15, 0.2) is 0 Å². The second-order valence-electron chi connectivity index (χ2n) is 37.3. The highest BCUT2D eigenvalue weighted by Gasteiger charge is 2.47. The number of carbonyl (C=O) groups excluding carboxylic acids is 18. The van der Waals surface area contributed by atoms with E-state index in [1.54, 1.807) is 67.8 Å². The number of rotatable bonds is 35. The van der Waals surface area contributed by atoms with Crippen molar-refractivity contribution in [3.05, 3.63) is 120 Å². The van der Waals surface area contributed by atoms with Crippen LogP contribution >= 0.6 is 11.8 Å². The number of benzene rings is 3. The number of aromatic amines is 3. The van der Waals surface area contributed by atoms with Crippen molar-refractivity contribution in [1.82, 2.24) is 108 Å². The highest BCUT2D eigenvalue weighted by molar-refractivity contribution is 8.00. The van der Waals surface area contributed by atoms with Crippen LogP contribution in [-0.4, -0.2) is 352 Å². The first kappa shape index (κ1) is 117. The van der Waals surface area contributed by atoms with E-state index in [0.29, 0.717) is 75.9 Å². The number of fused-ring (bicyclic) bond motifs is 4. The molecule has 3 aromatic carbocycles. The van der Waals surface area contributed by atoms with Crippen molar-refractivity contribution in [1.29, 1.82) is 0 Å². The Morgan fingerprint density at radius 1 is 0.537 bits per heavy atom. The van der Waals surface area contributed by atoms with Gasteiger partial charge in [0.2, 0.25) is 106 Å². The third-order valence-electron chi connectivity index (χ3n) is 26.3. The van der Waals surface area contributed by atoms with E-state index >= 15 is 47.9 Å². The number of aliphatic carboxylic acids is 2. The minimum Gasteiger partial charge on any atom is -0.508 e. The van der Waals surface area contributed by atoms with Crippen LogP contribution in [0, 0.1) is 12.3 Å². The largest absolute Gasteiger partial charge is 0.508 e. The van der Waals surface area contributed by atoms with E-state index < -0.39 is 278 Å². The number of unbranched alkanes of at least 4 members (excludes halogenated alkanes) is 4. The number of thioether (sulfide) groups is 1. The number of hydrogen-bond acceptors (Lipinski definition) is 26. The summed E-state index contributed by atoms with van der Waals surface area (Å²) in [5.74, 6) is -20.3. The number of aliphatic hydroxyl groups is 1. The molecular weight excluding hydrogens is 1950 g/mol. The molecule has 6 aromatic rings. The number of aromatic hydroxyl groups is 1. The van der Waals surface area contributed by atoms with Gasteiger partial charge in [-0.15, -0.1) is 24.1 Å². The molecule has 3 aliphatic rings. The van der Waals surface area contributed by atoms with Crippen molar-refractivity contribution < 1.29 is 116 Å². The average Bonchev–Trinajstić information content (AvgIpc) is 1.68. The molecule has 0 radical (unpaired) electrons. The molecule has 3 aromatic heterocycles. The molecule has 0 unspecified atom stereocenters. The molecule has 3 saturated heterocycles. The highest BCUT2D eigenvalue weighted by atomic mass is 32.2. The van der Waals surface area contributed by atoms with E-state index in [2.05, 4.69) is 89.7 Å².